The number of para-hydroxylation sites is 2. The van der Waals surface area contributed by atoms with Gasteiger partial charge in [-0.15, -0.1) is 0 Å². The summed E-state index contributed by atoms with van der Waals surface area (Å²) in [5, 5.41) is 10.6. The molecule has 0 amide bonds. The number of methoxy groups -OCH3 is 2. The zero-order valence-electron chi connectivity index (χ0n) is 16.7. The normalized spacial score (nSPS) is 10.2. The topological polar surface area (TPSA) is 97.1 Å². The maximum Gasteiger partial charge on any atom is 0.354 e. The summed E-state index contributed by atoms with van der Waals surface area (Å²) in [6.45, 7) is 0.494. The molecule has 0 aliphatic heterocycles. The van der Waals surface area contributed by atoms with E-state index in [0.717, 1.165) is 21.8 Å². The van der Waals surface area contributed by atoms with Gasteiger partial charge in [0.1, 0.15) is 11.4 Å². The van der Waals surface area contributed by atoms with Crippen molar-refractivity contribution < 1.29 is 19.1 Å². The van der Waals surface area contributed by atoms with Gasteiger partial charge < -0.3 is 19.0 Å². The van der Waals surface area contributed by atoms with Crippen molar-refractivity contribution in [2.24, 2.45) is 0 Å². The Labute approximate surface area is 173 Å². The van der Waals surface area contributed by atoms with Crippen LogP contribution >= 0.6 is 0 Å². The van der Waals surface area contributed by atoms with Crippen LogP contribution < -0.4 is 0 Å². The SMILES string of the molecule is COC(=O)c1cc2ccccc2[nH]1.COC(=O)c1cc2ccccc2n1CCC#N. The van der Waals surface area contributed by atoms with E-state index in [4.69, 9.17) is 10.00 Å². The molecule has 152 valence electrons. The second-order valence-corrected chi connectivity index (χ2v) is 6.40. The highest BCUT2D eigenvalue weighted by Gasteiger charge is 2.15. The van der Waals surface area contributed by atoms with Crippen molar-refractivity contribution in [2.75, 3.05) is 14.2 Å². The summed E-state index contributed by atoms with van der Waals surface area (Å²) in [7, 11) is 2.72. The molecule has 0 saturated carbocycles. The van der Waals surface area contributed by atoms with Gasteiger partial charge in [0.2, 0.25) is 0 Å². The number of nitrogens with zero attached hydrogens (tertiary/aromatic N) is 2. The summed E-state index contributed by atoms with van der Waals surface area (Å²) in [4.78, 5) is 25.7. The van der Waals surface area contributed by atoms with Gasteiger partial charge >= 0.3 is 11.9 Å². The smallest absolute Gasteiger partial charge is 0.354 e. The average Bonchev–Trinajstić information content (AvgIpc) is 3.38. The molecule has 0 atom stereocenters. The average molecular weight is 403 g/mol. The number of hydrogen-bond acceptors (Lipinski definition) is 5. The highest BCUT2D eigenvalue weighted by molar-refractivity contribution is 5.96. The Balaban J connectivity index is 0.000000177. The molecular weight excluding hydrogens is 382 g/mol. The van der Waals surface area contributed by atoms with Gasteiger partial charge in [-0.25, -0.2) is 9.59 Å². The number of hydrogen-bond donors (Lipinski definition) is 1. The molecule has 2 aromatic heterocycles. The summed E-state index contributed by atoms with van der Waals surface area (Å²) < 4.78 is 11.2. The van der Waals surface area contributed by atoms with E-state index in [0.29, 0.717) is 24.4 Å². The number of H-pyrrole nitrogens is 1. The molecule has 0 aliphatic rings. The molecule has 4 rings (SSSR count). The van der Waals surface area contributed by atoms with Crippen molar-refractivity contribution in [2.45, 2.75) is 13.0 Å². The van der Waals surface area contributed by atoms with Crippen LogP contribution in [0.1, 0.15) is 27.4 Å². The van der Waals surface area contributed by atoms with Crippen LogP contribution in [0.4, 0.5) is 0 Å². The van der Waals surface area contributed by atoms with E-state index in [-0.39, 0.29) is 11.9 Å². The number of rotatable bonds is 4. The summed E-state index contributed by atoms with van der Waals surface area (Å²) in [5.74, 6) is -0.713. The van der Waals surface area contributed by atoms with Gasteiger partial charge in [0.05, 0.1) is 26.7 Å². The first-order chi connectivity index (χ1) is 14.6. The molecule has 0 radical (unpaired) electrons. The van der Waals surface area contributed by atoms with Crippen molar-refractivity contribution in [3.63, 3.8) is 0 Å². The first-order valence-electron chi connectivity index (χ1n) is 9.28. The molecule has 2 aromatic carbocycles. The molecule has 0 spiro atoms. The van der Waals surface area contributed by atoms with E-state index < -0.39 is 0 Å². The van der Waals surface area contributed by atoms with E-state index in [2.05, 4.69) is 15.8 Å². The molecule has 0 fully saturated rings. The zero-order valence-corrected chi connectivity index (χ0v) is 16.7. The van der Waals surface area contributed by atoms with Gasteiger partial charge in [0, 0.05) is 28.4 Å². The Morgan fingerprint density at radius 1 is 0.967 bits per heavy atom. The molecule has 30 heavy (non-hydrogen) atoms. The number of nitrogens with one attached hydrogen (secondary N) is 1. The molecular formula is C23H21N3O4. The Kier molecular flexibility index (Phi) is 6.50. The van der Waals surface area contributed by atoms with E-state index >= 15 is 0 Å². The maximum atomic E-state index is 11.6. The van der Waals surface area contributed by atoms with Crippen molar-refractivity contribution in [3.05, 3.63) is 72.1 Å². The summed E-state index contributed by atoms with van der Waals surface area (Å²) in [6, 6.07) is 21.0. The number of fused-ring (bicyclic) bond motifs is 2. The largest absolute Gasteiger partial charge is 0.464 e. The van der Waals surface area contributed by atoms with Gasteiger partial charge in [-0.1, -0.05) is 36.4 Å². The number of aromatic amines is 1. The number of benzene rings is 2. The lowest BCUT2D eigenvalue weighted by Crippen LogP contribution is -2.10. The first-order valence-corrected chi connectivity index (χ1v) is 9.28. The Bertz CT molecular complexity index is 1200. The van der Waals surface area contributed by atoms with E-state index in [1.54, 1.807) is 12.1 Å². The summed E-state index contributed by atoms with van der Waals surface area (Å²) >= 11 is 0. The predicted molar refractivity (Wildman–Crippen MR) is 113 cm³/mol. The highest BCUT2D eigenvalue weighted by Crippen LogP contribution is 2.20. The fourth-order valence-corrected chi connectivity index (χ4v) is 3.18. The fourth-order valence-electron chi connectivity index (χ4n) is 3.18. The zero-order chi connectivity index (χ0) is 21.5. The second kappa shape index (κ2) is 9.43. The number of carbonyl (C=O) groups is 2. The first kappa shape index (κ1) is 20.7. The molecule has 7 nitrogen and oxygen atoms in total. The van der Waals surface area contributed by atoms with E-state index in [1.165, 1.54) is 14.2 Å². The lowest BCUT2D eigenvalue weighted by atomic mass is 10.2. The summed E-state index contributed by atoms with van der Waals surface area (Å²) in [5.41, 5.74) is 2.87. The molecule has 1 N–H and O–H groups in total. The van der Waals surface area contributed by atoms with E-state index in [1.807, 2.05) is 53.1 Å². The Morgan fingerprint density at radius 3 is 2.30 bits per heavy atom. The van der Waals surface area contributed by atoms with Crippen molar-refractivity contribution in [3.8, 4) is 6.07 Å². The molecule has 0 bridgehead atoms. The lowest BCUT2D eigenvalue weighted by molar-refractivity contribution is 0.0583. The molecule has 2 heterocycles. The van der Waals surface area contributed by atoms with Crippen LogP contribution in [0.2, 0.25) is 0 Å². The third kappa shape index (κ3) is 4.33. The molecule has 7 heteroatoms. The van der Waals surface area contributed by atoms with Crippen LogP contribution in [0.5, 0.6) is 0 Å². The van der Waals surface area contributed by atoms with E-state index in [9.17, 15) is 9.59 Å². The van der Waals surface area contributed by atoms with Gasteiger partial charge in [-0.3, -0.25) is 0 Å². The van der Waals surface area contributed by atoms with Crippen molar-refractivity contribution >= 4 is 33.7 Å². The number of esters is 2. The summed E-state index contributed by atoms with van der Waals surface area (Å²) in [6.07, 6.45) is 0.364. The van der Waals surface area contributed by atoms with Crippen LogP contribution in [-0.2, 0) is 16.0 Å². The Hall–Kier alpha value is -4.05. The second-order valence-electron chi connectivity index (χ2n) is 6.40. The monoisotopic (exact) mass is 403 g/mol. The minimum absolute atomic E-state index is 0.337. The molecule has 0 unspecified atom stereocenters. The third-order valence-electron chi connectivity index (χ3n) is 4.59. The van der Waals surface area contributed by atoms with Crippen LogP contribution in [0.3, 0.4) is 0 Å². The highest BCUT2D eigenvalue weighted by atomic mass is 16.5. The predicted octanol–water partition coefficient (Wildman–Crippen LogP) is 4.30. The van der Waals surface area contributed by atoms with Gasteiger partial charge in [-0.2, -0.15) is 5.26 Å². The van der Waals surface area contributed by atoms with Crippen LogP contribution in [-0.4, -0.2) is 35.7 Å². The number of aromatic nitrogens is 2. The van der Waals surface area contributed by atoms with Crippen LogP contribution in [0.15, 0.2) is 60.7 Å². The van der Waals surface area contributed by atoms with Crippen molar-refractivity contribution in [1.29, 1.82) is 5.26 Å². The minimum atomic E-state index is -0.376. The Morgan fingerprint density at radius 2 is 1.63 bits per heavy atom. The van der Waals surface area contributed by atoms with Crippen LogP contribution in [0, 0.1) is 11.3 Å². The quantitative estimate of drug-likeness (QED) is 0.513. The van der Waals surface area contributed by atoms with Crippen LogP contribution in [0.25, 0.3) is 21.8 Å². The number of carbonyl (C=O) groups excluding carboxylic acids is 2. The maximum absolute atomic E-state index is 11.6. The molecule has 0 aliphatic carbocycles. The van der Waals surface area contributed by atoms with Gasteiger partial charge in [0.15, 0.2) is 0 Å². The van der Waals surface area contributed by atoms with Crippen molar-refractivity contribution in [1.82, 2.24) is 9.55 Å². The molecule has 0 saturated heterocycles. The third-order valence-corrected chi connectivity index (χ3v) is 4.59. The lowest BCUT2D eigenvalue weighted by Gasteiger charge is -2.06. The number of aryl methyl sites for hydroxylation is 1. The van der Waals surface area contributed by atoms with Gasteiger partial charge in [-0.05, 0) is 24.3 Å². The molecule has 4 aromatic rings. The standard InChI is InChI=1S/C13H12N2O2.C10H9NO2/c1-17-13(16)12-9-10-5-2-3-6-11(10)15(12)8-4-7-14;1-13-10(12)9-6-7-4-2-3-5-8(7)11-9/h2-3,5-6,9H,4,8H2,1H3;2-6,11H,1H3. The van der Waals surface area contributed by atoms with Gasteiger partial charge in [0.25, 0.3) is 0 Å². The fraction of sp³-hybridized carbons (Fsp3) is 0.174. The number of nitriles is 1. The minimum Gasteiger partial charge on any atom is -0.464 e. The number of ether oxygens (including phenoxy) is 2.